The molecule has 0 radical (unpaired) electrons. The van der Waals surface area contributed by atoms with Gasteiger partial charge in [0.15, 0.2) is 0 Å². The Kier molecular flexibility index (Phi) is 5.58. The molecule has 4 nitrogen and oxygen atoms in total. The predicted octanol–water partition coefficient (Wildman–Crippen LogP) is 2.39. The van der Waals surface area contributed by atoms with Crippen molar-refractivity contribution < 1.29 is 9.60 Å². The van der Waals surface area contributed by atoms with Crippen LogP contribution in [0.3, 0.4) is 0 Å². The van der Waals surface area contributed by atoms with Gasteiger partial charge in [0.1, 0.15) is 11.7 Å². The molecule has 0 heterocycles. The first-order chi connectivity index (χ1) is 8.58. The lowest BCUT2D eigenvalue weighted by atomic mass is 10.0. The van der Waals surface area contributed by atoms with Crippen LogP contribution in [0.2, 0.25) is 0 Å². The van der Waals surface area contributed by atoms with Crippen molar-refractivity contribution in [3.05, 3.63) is 35.6 Å². The number of benzene rings is 1. The van der Waals surface area contributed by atoms with Crippen molar-refractivity contribution in [3.63, 3.8) is 0 Å². The maximum absolute atomic E-state index is 13.6. The van der Waals surface area contributed by atoms with E-state index in [1.165, 1.54) is 6.07 Å². The Morgan fingerprint density at radius 3 is 2.72 bits per heavy atom. The Morgan fingerprint density at radius 1 is 1.50 bits per heavy atom. The summed E-state index contributed by atoms with van der Waals surface area (Å²) in [6, 6.07) is 6.60. The third kappa shape index (κ3) is 4.00. The minimum atomic E-state index is -0.226. The number of rotatable bonds is 6. The quantitative estimate of drug-likeness (QED) is 0.315. The second-order valence-corrected chi connectivity index (χ2v) is 4.31. The van der Waals surface area contributed by atoms with Crippen molar-refractivity contribution in [1.82, 2.24) is 5.32 Å². The molecule has 0 spiro atoms. The lowest BCUT2D eigenvalue weighted by Crippen LogP contribution is -2.35. The van der Waals surface area contributed by atoms with Crippen LogP contribution < -0.4 is 11.1 Å². The molecule has 0 aromatic heterocycles. The Bertz CT molecular complexity index is 409. The third-order valence-corrected chi connectivity index (χ3v) is 2.93. The van der Waals surface area contributed by atoms with Gasteiger partial charge in [-0.2, -0.15) is 0 Å². The third-order valence-electron chi connectivity index (χ3n) is 2.93. The summed E-state index contributed by atoms with van der Waals surface area (Å²) >= 11 is 0. The molecule has 0 bridgehead atoms. The highest BCUT2D eigenvalue weighted by Crippen LogP contribution is 2.17. The normalized spacial score (nSPS) is 15.4. The molecule has 1 aromatic rings. The number of hydrogen-bond acceptors (Lipinski definition) is 3. The molecular weight excluding hydrogens is 233 g/mol. The van der Waals surface area contributed by atoms with E-state index in [1.54, 1.807) is 18.2 Å². The lowest BCUT2D eigenvalue weighted by molar-refractivity contribution is 0.314. The number of oxime groups is 1. The van der Waals surface area contributed by atoms with E-state index in [0.717, 1.165) is 6.42 Å². The van der Waals surface area contributed by atoms with Gasteiger partial charge in [0.05, 0.1) is 0 Å². The summed E-state index contributed by atoms with van der Waals surface area (Å²) < 4.78 is 13.6. The summed E-state index contributed by atoms with van der Waals surface area (Å²) in [5, 5.41) is 14.8. The zero-order valence-corrected chi connectivity index (χ0v) is 10.7. The van der Waals surface area contributed by atoms with Gasteiger partial charge in [-0.25, -0.2) is 4.39 Å². The van der Waals surface area contributed by atoms with Crippen LogP contribution in [0.5, 0.6) is 0 Å². The van der Waals surface area contributed by atoms with E-state index >= 15 is 0 Å². The first-order valence-corrected chi connectivity index (χ1v) is 6.05. The van der Waals surface area contributed by atoms with Gasteiger partial charge in [-0.05, 0) is 19.4 Å². The summed E-state index contributed by atoms with van der Waals surface area (Å²) in [6.45, 7) is 3.89. The molecule has 0 aliphatic rings. The molecule has 2 atom stereocenters. The van der Waals surface area contributed by atoms with Gasteiger partial charge in [-0.1, -0.05) is 30.3 Å². The summed E-state index contributed by atoms with van der Waals surface area (Å²) in [6.07, 6.45) is 1.25. The Hall–Kier alpha value is -1.62. The lowest BCUT2D eigenvalue weighted by Gasteiger charge is -2.22. The number of nitrogens with two attached hydrogens (primary N) is 1. The molecule has 0 aliphatic carbocycles. The minimum Gasteiger partial charge on any atom is -0.409 e. The van der Waals surface area contributed by atoms with Crippen LogP contribution in [0.25, 0.3) is 0 Å². The molecule has 0 saturated heterocycles. The fourth-order valence-corrected chi connectivity index (χ4v) is 1.88. The van der Waals surface area contributed by atoms with Crippen molar-refractivity contribution in [2.75, 3.05) is 0 Å². The van der Waals surface area contributed by atoms with E-state index in [9.17, 15) is 4.39 Å². The highest BCUT2D eigenvalue weighted by molar-refractivity contribution is 5.80. The van der Waals surface area contributed by atoms with E-state index in [0.29, 0.717) is 12.0 Å². The van der Waals surface area contributed by atoms with Crippen molar-refractivity contribution in [3.8, 4) is 0 Å². The van der Waals surface area contributed by atoms with Gasteiger partial charge < -0.3 is 16.3 Å². The summed E-state index contributed by atoms with van der Waals surface area (Å²) in [7, 11) is 0. The summed E-state index contributed by atoms with van der Waals surface area (Å²) in [5.41, 5.74) is 6.10. The standard InChI is InChI=1S/C13H20FN3O/c1-3-10(8-13(15)17-18)16-9(2)11-6-4-5-7-12(11)14/h4-7,9-10,16,18H,3,8H2,1-2H3,(H2,15,17)/t9-,10?/m1/s1. The van der Waals surface area contributed by atoms with Crippen LogP contribution in [-0.2, 0) is 0 Å². The van der Waals surface area contributed by atoms with Crippen LogP contribution in [0.1, 0.15) is 38.3 Å². The van der Waals surface area contributed by atoms with Crippen LogP contribution in [0.4, 0.5) is 4.39 Å². The van der Waals surface area contributed by atoms with Crippen LogP contribution in [-0.4, -0.2) is 17.1 Å². The zero-order valence-electron chi connectivity index (χ0n) is 10.7. The molecule has 0 fully saturated rings. The first-order valence-electron chi connectivity index (χ1n) is 6.05. The molecule has 5 heteroatoms. The molecule has 0 amide bonds. The van der Waals surface area contributed by atoms with Crippen molar-refractivity contribution in [2.24, 2.45) is 10.9 Å². The number of nitrogens with one attached hydrogen (secondary N) is 1. The zero-order chi connectivity index (χ0) is 13.5. The summed E-state index contributed by atoms with van der Waals surface area (Å²) in [5.74, 6) is -0.0498. The van der Waals surface area contributed by atoms with E-state index in [4.69, 9.17) is 10.9 Å². The minimum absolute atomic E-state index is 0.0514. The second-order valence-electron chi connectivity index (χ2n) is 4.31. The van der Waals surface area contributed by atoms with E-state index in [1.807, 2.05) is 13.8 Å². The molecular formula is C13H20FN3O. The maximum atomic E-state index is 13.6. The van der Waals surface area contributed by atoms with Gasteiger partial charge in [0.2, 0.25) is 0 Å². The molecule has 18 heavy (non-hydrogen) atoms. The Morgan fingerprint density at radius 2 is 2.17 bits per heavy atom. The van der Waals surface area contributed by atoms with E-state index < -0.39 is 0 Å². The average Bonchev–Trinajstić information content (AvgIpc) is 2.38. The number of hydrogen-bond donors (Lipinski definition) is 3. The van der Waals surface area contributed by atoms with Gasteiger partial charge in [-0.15, -0.1) is 0 Å². The topological polar surface area (TPSA) is 70.6 Å². The molecule has 0 saturated carbocycles. The molecule has 1 unspecified atom stereocenters. The fraction of sp³-hybridized carbons (Fsp3) is 0.462. The molecule has 1 rings (SSSR count). The highest BCUT2D eigenvalue weighted by Gasteiger charge is 2.15. The van der Waals surface area contributed by atoms with Crippen molar-refractivity contribution in [1.29, 1.82) is 0 Å². The Labute approximate surface area is 107 Å². The maximum Gasteiger partial charge on any atom is 0.140 e. The van der Waals surface area contributed by atoms with Crippen LogP contribution >= 0.6 is 0 Å². The van der Waals surface area contributed by atoms with Gasteiger partial charge in [0.25, 0.3) is 0 Å². The number of halogens is 1. The molecule has 1 aromatic carbocycles. The van der Waals surface area contributed by atoms with E-state index in [2.05, 4.69) is 10.5 Å². The fourth-order valence-electron chi connectivity index (χ4n) is 1.88. The first kappa shape index (κ1) is 14.4. The smallest absolute Gasteiger partial charge is 0.140 e. The SMILES string of the molecule is CCC(C/C(N)=N/O)N[C@H](C)c1ccccc1F. The van der Waals surface area contributed by atoms with E-state index in [-0.39, 0.29) is 23.7 Å². The molecule has 100 valence electrons. The predicted molar refractivity (Wildman–Crippen MR) is 70.1 cm³/mol. The molecule has 4 N–H and O–H groups in total. The van der Waals surface area contributed by atoms with Gasteiger partial charge in [0, 0.05) is 24.1 Å². The van der Waals surface area contributed by atoms with Crippen molar-refractivity contribution >= 4 is 5.84 Å². The highest BCUT2D eigenvalue weighted by atomic mass is 19.1. The van der Waals surface area contributed by atoms with Gasteiger partial charge >= 0.3 is 0 Å². The Balaban J connectivity index is 2.68. The largest absolute Gasteiger partial charge is 0.409 e. The monoisotopic (exact) mass is 253 g/mol. The summed E-state index contributed by atoms with van der Waals surface area (Å²) in [4.78, 5) is 0. The molecule has 0 aliphatic heterocycles. The second kappa shape index (κ2) is 6.96. The van der Waals surface area contributed by atoms with Crippen LogP contribution in [0.15, 0.2) is 29.4 Å². The number of amidine groups is 1. The van der Waals surface area contributed by atoms with Gasteiger partial charge in [-0.3, -0.25) is 0 Å². The number of nitrogens with zero attached hydrogens (tertiary/aromatic N) is 1. The van der Waals surface area contributed by atoms with Crippen LogP contribution in [0, 0.1) is 5.82 Å². The van der Waals surface area contributed by atoms with Crippen molar-refractivity contribution in [2.45, 2.75) is 38.8 Å². The average molecular weight is 253 g/mol.